The molecule has 0 aliphatic carbocycles. The number of hydrogen-bond donors (Lipinski definition) is 1. The van der Waals surface area contributed by atoms with Gasteiger partial charge in [-0.3, -0.25) is 4.90 Å². The largest absolute Gasteiger partial charge is 0.490 e. The SMILES string of the molecule is CCOc1cc(CN2CC(C)C(N)C2)ccc1OCC(F)(F)F.Cl. The fourth-order valence-electron chi connectivity index (χ4n) is 2.68. The Morgan fingerprint density at radius 1 is 1.21 bits per heavy atom. The molecule has 0 aromatic heterocycles. The Labute approximate surface area is 146 Å². The van der Waals surface area contributed by atoms with E-state index >= 15 is 0 Å². The van der Waals surface area contributed by atoms with Gasteiger partial charge in [0.2, 0.25) is 0 Å². The molecule has 24 heavy (non-hydrogen) atoms. The number of nitrogens with two attached hydrogens (primary N) is 1. The van der Waals surface area contributed by atoms with E-state index in [4.69, 9.17) is 15.2 Å². The smallest absolute Gasteiger partial charge is 0.422 e. The molecule has 1 heterocycles. The second kappa shape index (κ2) is 8.78. The van der Waals surface area contributed by atoms with Crippen molar-refractivity contribution in [2.45, 2.75) is 32.6 Å². The molecule has 1 aromatic carbocycles. The maximum atomic E-state index is 12.3. The zero-order chi connectivity index (χ0) is 17.0. The molecule has 0 radical (unpaired) electrons. The predicted molar refractivity (Wildman–Crippen MR) is 88.8 cm³/mol. The molecule has 0 saturated carbocycles. The van der Waals surface area contributed by atoms with Gasteiger partial charge in [0.25, 0.3) is 0 Å². The predicted octanol–water partition coefficient (Wildman–Crippen LogP) is 3.23. The average molecular weight is 369 g/mol. The summed E-state index contributed by atoms with van der Waals surface area (Å²) in [7, 11) is 0. The van der Waals surface area contributed by atoms with Crippen molar-refractivity contribution < 1.29 is 22.6 Å². The topological polar surface area (TPSA) is 47.7 Å². The standard InChI is InChI=1S/C16H23F3N2O2.ClH/c1-3-22-15-6-12(8-21-7-11(2)13(20)9-21)4-5-14(15)23-10-16(17,18)19;/h4-6,11,13H,3,7-10,20H2,1-2H3;1H. The molecule has 1 saturated heterocycles. The third-order valence-electron chi connectivity index (χ3n) is 3.85. The number of ether oxygens (including phenoxy) is 2. The number of halogens is 4. The number of likely N-dealkylation sites (tertiary alicyclic amines) is 1. The van der Waals surface area contributed by atoms with E-state index in [2.05, 4.69) is 11.8 Å². The van der Waals surface area contributed by atoms with Crippen LogP contribution in [0.3, 0.4) is 0 Å². The molecule has 2 unspecified atom stereocenters. The first-order valence-corrected chi connectivity index (χ1v) is 7.71. The quantitative estimate of drug-likeness (QED) is 0.837. The van der Waals surface area contributed by atoms with Crippen molar-refractivity contribution >= 4 is 12.4 Å². The Morgan fingerprint density at radius 2 is 1.92 bits per heavy atom. The molecule has 0 amide bonds. The lowest BCUT2D eigenvalue weighted by Crippen LogP contribution is -2.28. The van der Waals surface area contributed by atoms with Gasteiger partial charge in [-0.15, -0.1) is 12.4 Å². The van der Waals surface area contributed by atoms with Gasteiger partial charge in [-0.2, -0.15) is 13.2 Å². The third kappa shape index (κ3) is 6.03. The molecule has 138 valence electrons. The minimum atomic E-state index is -4.37. The molecule has 2 N–H and O–H groups in total. The molecule has 1 fully saturated rings. The van der Waals surface area contributed by atoms with E-state index < -0.39 is 12.8 Å². The monoisotopic (exact) mass is 368 g/mol. The normalized spacial score (nSPS) is 21.4. The van der Waals surface area contributed by atoms with Crippen molar-refractivity contribution in [1.29, 1.82) is 0 Å². The van der Waals surface area contributed by atoms with Crippen molar-refractivity contribution in [2.75, 3.05) is 26.3 Å². The van der Waals surface area contributed by atoms with Gasteiger partial charge < -0.3 is 15.2 Å². The molecular formula is C16H24ClF3N2O2. The number of hydrogen-bond acceptors (Lipinski definition) is 4. The second-order valence-electron chi connectivity index (χ2n) is 5.95. The van der Waals surface area contributed by atoms with Gasteiger partial charge >= 0.3 is 6.18 Å². The van der Waals surface area contributed by atoms with E-state index in [1.165, 1.54) is 6.07 Å². The molecule has 8 heteroatoms. The lowest BCUT2D eigenvalue weighted by Gasteiger charge is -2.18. The lowest BCUT2D eigenvalue weighted by atomic mass is 10.1. The highest BCUT2D eigenvalue weighted by atomic mass is 35.5. The van der Waals surface area contributed by atoms with Crippen LogP contribution in [0, 0.1) is 5.92 Å². The van der Waals surface area contributed by atoms with E-state index in [0.717, 1.165) is 18.7 Å². The summed E-state index contributed by atoms with van der Waals surface area (Å²) in [6.45, 7) is 5.35. The minimum absolute atomic E-state index is 0. The van der Waals surface area contributed by atoms with Crippen LogP contribution >= 0.6 is 12.4 Å². The van der Waals surface area contributed by atoms with Crippen molar-refractivity contribution in [3.05, 3.63) is 23.8 Å². The van der Waals surface area contributed by atoms with Crippen LogP contribution in [-0.4, -0.2) is 43.4 Å². The van der Waals surface area contributed by atoms with Gasteiger partial charge in [0.15, 0.2) is 18.1 Å². The van der Waals surface area contributed by atoms with Gasteiger partial charge in [-0.25, -0.2) is 0 Å². The summed E-state index contributed by atoms with van der Waals surface area (Å²) in [5.41, 5.74) is 6.98. The fraction of sp³-hybridized carbons (Fsp3) is 0.625. The Balaban J connectivity index is 0.00000288. The van der Waals surface area contributed by atoms with Crippen LogP contribution in [-0.2, 0) is 6.54 Å². The first-order valence-electron chi connectivity index (χ1n) is 7.71. The summed E-state index contributed by atoms with van der Waals surface area (Å²) in [5, 5.41) is 0. The Hall–Kier alpha value is -1.18. The van der Waals surface area contributed by atoms with Crippen molar-refractivity contribution in [2.24, 2.45) is 11.7 Å². The summed E-state index contributed by atoms with van der Waals surface area (Å²) >= 11 is 0. The molecule has 2 rings (SSSR count). The third-order valence-corrected chi connectivity index (χ3v) is 3.85. The summed E-state index contributed by atoms with van der Waals surface area (Å²) in [6, 6.07) is 5.20. The number of benzene rings is 1. The summed E-state index contributed by atoms with van der Waals surface area (Å²) in [5.74, 6) is 0.890. The number of nitrogens with zero attached hydrogens (tertiary/aromatic N) is 1. The Kier molecular flexibility index (Phi) is 7.63. The Bertz CT molecular complexity index is 519. The molecular weight excluding hydrogens is 345 g/mol. The van der Waals surface area contributed by atoms with E-state index in [1.54, 1.807) is 19.1 Å². The van der Waals surface area contributed by atoms with Gasteiger partial charge in [-0.1, -0.05) is 13.0 Å². The average Bonchev–Trinajstić information content (AvgIpc) is 2.76. The Morgan fingerprint density at radius 3 is 2.46 bits per heavy atom. The van der Waals surface area contributed by atoms with E-state index in [-0.39, 0.29) is 24.2 Å². The van der Waals surface area contributed by atoms with Crippen molar-refractivity contribution in [3.8, 4) is 11.5 Å². The number of rotatable bonds is 6. The van der Waals surface area contributed by atoms with Crippen molar-refractivity contribution in [3.63, 3.8) is 0 Å². The zero-order valence-electron chi connectivity index (χ0n) is 13.8. The molecule has 4 nitrogen and oxygen atoms in total. The maximum absolute atomic E-state index is 12.3. The highest BCUT2D eigenvalue weighted by Crippen LogP contribution is 2.31. The lowest BCUT2D eigenvalue weighted by molar-refractivity contribution is -0.153. The second-order valence-corrected chi connectivity index (χ2v) is 5.95. The van der Waals surface area contributed by atoms with Crippen LogP contribution in [0.2, 0.25) is 0 Å². The van der Waals surface area contributed by atoms with Gasteiger partial charge in [0.1, 0.15) is 0 Å². The van der Waals surface area contributed by atoms with E-state index in [0.29, 0.717) is 24.8 Å². The summed E-state index contributed by atoms with van der Waals surface area (Å²) in [4.78, 5) is 2.23. The zero-order valence-corrected chi connectivity index (χ0v) is 14.6. The molecule has 1 aliphatic rings. The highest BCUT2D eigenvalue weighted by Gasteiger charge is 2.29. The summed E-state index contributed by atoms with van der Waals surface area (Å²) in [6.07, 6.45) is -4.37. The molecule has 1 aliphatic heterocycles. The van der Waals surface area contributed by atoms with Crippen molar-refractivity contribution in [1.82, 2.24) is 4.90 Å². The first kappa shape index (κ1) is 20.9. The van der Waals surface area contributed by atoms with Crippen LogP contribution in [0.1, 0.15) is 19.4 Å². The highest BCUT2D eigenvalue weighted by molar-refractivity contribution is 5.85. The number of alkyl halides is 3. The first-order chi connectivity index (χ1) is 10.8. The van der Waals surface area contributed by atoms with Crippen LogP contribution in [0.4, 0.5) is 13.2 Å². The molecule has 0 bridgehead atoms. The maximum Gasteiger partial charge on any atom is 0.422 e. The van der Waals surface area contributed by atoms with Gasteiger partial charge in [0, 0.05) is 25.7 Å². The van der Waals surface area contributed by atoms with Gasteiger partial charge in [-0.05, 0) is 30.5 Å². The van der Waals surface area contributed by atoms with Crippen LogP contribution in [0.15, 0.2) is 18.2 Å². The minimum Gasteiger partial charge on any atom is -0.490 e. The van der Waals surface area contributed by atoms with Crippen LogP contribution < -0.4 is 15.2 Å². The fourth-order valence-corrected chi connectivity index (χ4v) is 2.68. The molecule has 1 aromatic rings. The van der Waals surface area contributed by atoms with E-state index in [9.17, 15) is 13.2 Å². The molecule has 0 spiro atoms. The van der Waals surface area contributed by atoms with Crippen LogP contribution in [0.5, 0.6) is 11.5 Å². The van der Waals surface area contributed by atoms with E-state index in [1.807, 2.05) is 0 Å². The molecule has 2 atom stereocenters. The van der Waals surface area contributed by atoms with Gasteiger partial charge in [0.05, 0.1) is 6.61 Å². The summed E-state index contributed by atoms with van der Waals surface area (Å²) < 4.78 is 47.1. The van der Waals surface area contributed by atoms with Crippen LogP contribution in [0.25, 0.3) is 0 Å².